The molecule has 0 unspecified atom stereocenters. The van der Waals surface area contributed by atoms with Crippen molar-refractivity contribution in [3.05, 3.63) is 35.4 Å². The molecule has 1 aromatic carbocycles. The highest BCUT2D eigenvalue weighted by molar-refractivity contribution is 5.95. The molecule has 0 saturated heterocycles. The van der Waals surface area contributed by atoms with Crippen molar-refractivity contribution in [3.63, 3.8) is 0 Å². The minimum Gasteiger partial charge on any atom is -0.349 e. The first-order chi connectivity index (χ1) is 8.24. The molecule has 2 fully saturated rings. The van der Waals surface area contributed by atoms with Crippen LogP contribution in [0.15, 0.2) is 24.3 Å². The molecular weight excluding hydrogens is 210 g/mol. The van der Waals surface area contributed by atoms with Crippen LogP contribution in [0, 0.1) is 18.8 Å². The molecule has 2 nitrogen and oxygen atoms in total. The first kappa shape index (κ1) is 10.8. The summed E-state index contributed by atoms with van der Waals surface area (Å²) in [6.45, 7) is 2.00. The Morgan fingerprint density at radius 1 is 1.24 bits per heavy atom. The Morgan fingerprint density at radius 3 is 2.71 bits per heavy atom. The number of carbonyl (C=O) groups excluding carboxylic acids is 1. The van der Waals surface area contributed by atoms with E-state index in [2.05, 4.69) is 5.32 Å². The van der Waals surface area contributed by atoms with Crippen LogP contribution in [0.4, 0.5) is 0 Å². The van der Waals surface area contributed by atoms with Crippen molar-refractivity contribution in [1.29, 1.82) is 0 Å². The predicted octanol–water partition coefficient (Wildman–Crippen LogP) is 2.91. The van der Waals surface area contributed by atoms with Crippen molar-refractivity contribution in [2.75, 3.05) is 0 Å². The summed E-state index contributed by atoms with van der Waals surface area (Å²) in [5.74, 6) is 1.73. The van der Waals surface area contributed by atoms with Crippen molar-refractivity contribution in [1.82, 2.24) is 5.32 Å². The summed E-state index contributed by atoms with van der Waals surface area (Å²) >= 11 is 0. The Hall–Kier alpha value is -1.31. The molecule has 1 aromatic rings. The van der Waals surface area contributed by atoms with E-state index < -0.39 is 0 Å². The van der Waals surface area contributed by atoms with Gasteiger partial charge < -0.3 is 5.32 Å². The van der Waals surface area contributed by atoms with E-state index in [9.17, 15) is 4.79 Å². The van der Waals surface area contributed by atoms with Crippen molar-refractivity contribution >= 4 is 5.91 Å². The van der Waals surface area contributed by atoms with Crippen LogP contribution in [0.3, 0.4) is 0 Å². The Labute approximate surface area is 102 Å². The van der Waals surface area contributed by atoms with E-state index >= 15 is 0 Å². The zero-order valence-corrected chi connectivity index (χ0v) is 10.3. The number of nitrogens with one attached hydrogen (secondary N) is 1. The van der Waals surface area contributed by atoms with Crippen LogP contribution in [-0.4, -0.2) is 11.9 Å². The molecule has 2 bridgehead atoms. The summed E-state index contributed by atoms with van der Waals surface area (Å²) in [6, 6.07) is 8.25. The van der Waals surface area contributed by atoms with Crippen molar-refractivity contribution in [2.45, 2.75) is 38.6 Å². The number of rotatable bonds is 2. The molecule has 2 saturated carbocycles. The smallest absolute Gasteiger partial charge is 0.251 e. The minimum atomic E-state index is 0.112. The van der Waals surface area contributed by atoms with Crippen LogP contribution >= 0.6 is 0 Å². The van der Waals surface area contributed by atoms with Gasteiger partial charge >= 0.3 is 0 Å². The maximum Gasteiger partial charge on any atom is 0.251 e. The SMILES string of the molecule is Cc1ccccc1C(=O)N[C@H]1C[C@H]2CC[C@@H]1C2. The Morgan fingerprint density at radius 2 is 2.06 bits per heavy atom. The Balaban J connectivity index is 1.70. The highest BCUT2D eigenvalue weighted by Gasteiger charge is 2.40. The zero-order chi connectivity index (χ0) is 11.8. The van der Waals surface area contributed by atoms with Gasteiger partial charge in [-0.3, -0.25) is 4.79 Å². The first-order valence-electron chi connectivity index (χ1n) is 6.60. The molecule has 2 aliphatic rings. The van der Waals surface area contributed by atoms with E-state index in [1.165, 1.54) is 25.7 Å². The molecule has 0 radical (unpaired) electrons. The standard InChI is InChI=1S/C15H19NO/c1-10-4-2-3-5-13(10)15(17)16-14-9-11-6-7-12(14)8-11/h2-5,11-12,14H,6-9H2,1H3,(H,16,17)/t11-,12+,14-/m0/s1. The number of fused-ring (bicyclic) bond motifs is 2. The second-order valence-corrected chi connectivity index (χ2v) is 5.57. The lowest BCUT2D eigenvalue weighted by Gasteiger charge is -2.23. The molecule has 0 spiro atoms. The Kier molecular flexibility index (Phi) is 2.65. The van der Waals surface area contributed by atoms with Crippen molar-refractivity contribution in [2.24, 2.45) is 11.8 Å². The average Bonchev–Trinajstić information content (AvgIpc) is 2.91. The number of amides is 1. The average molecular weight is 229 g/mol. The van der Waals surface area contributed by atoms with E-state index in [-0.39, 0.29) is 5.91 Å². The largest absolute Gasteiger partial charge is 0.349 e. The lowest BCUT2D eigenvalue weighted by molar-refractivity contribution is 0.0922. The first-order valence-corrected chi connectivity index (χ1v) is 6.60. The van der Waals surface area contributed by atoms with Gasteiger partial charge in [0.05, 0.1) is 0 Å². The highest BCUT2D eigenvalue weighted by atomic mass is 16.1. The van der Waals surface area contributed by atoms with Gasteiger partial charge in [-0.15, -0.1) is 0 Å². The highest BCUT2D eigenvalue weighted by Crippen LogP contribution is 2.44. The lowest BCUT2D eigenvalue weighted by atomic mass is 9.95. The van der Waals surface area contributed by atoms with Crippen LogP contribution < -0.4 is 5.32 Å². The van der Waals surface area contributed by atoms with Crippen molar-refractivity contribution in [3.8, 4) is 0 Å². The molecule has 2 heteroatoms. The number of hydrogen-bond acceptors (Lipinski definition) is 1. The van der Waals surface area contributed by atoms with Crippen LogP contribution in [0.5, 0.6) is 0 Å². The molecular formula is C15H19NO. The molecule has 1 N–H and O–H groups in total. The van der Waals surface area contributed by atoms with Gasteiger partial charge in [0.2, 0.25) is 0 Å². The van der Waals surface area contributed by atoms with E-state index in [4.69, 9.17) is 0 Å². The van der Waals surface area contributed by atoms with Crippen LogP contribution in [0.1, 0.15) is 41.6 Å². The third kappa shape index (κ3) is 1.97. The molecule has 0 aromatic heterocycles. The Bertz CT molecular complexity index is 440. The lowest BCUT2D eigenvalue weighted by Crippen LogP contribution is -2.38. The molecule has 90 valence electrons. The zero-order valence-electron chi connectivity index (χ0n) is 10.3. The van der Waals surface area contributed by atoms with Crippen LogP contribution in [0.2, 0.25) is 0 Å². The fourth-order valence-electron chi connectivity index (χ4n) is 3.50. The summed E-state index contributed by atoms with van der Waals surface area (Å²) in [6.07, 6.45) is 5.21. The number of hydrogen-bond donors (Lipinski definition) is 1. The molecule has 0 heterocycles. The molecule has 3 atom stereocenters. The molecule has 17 heavy (non-hydrogen) atoms. The summed E-state index contributed by atoms with van der Waals surface area (Å²) < 4.78 is 0. The second kappa shape index (κ2) is 4.17. The second-order valence-electron chi connectivity index (χ2n) is 5.57. The van der Waals surface area contributed by atoms with Gasteiger partial charge in [-0.25, -0.2) is 0 Å². The molecule has 2 aliphatic carbocycles. The summed E-state index contributed by atoms with van der Waals surface area (Å²) in [4.78, 5) is 12.2. The topological polar surface area (TPSA) is 29.1 Å². The predicted molar refractivity (Wildman–Crippen MR) is 67.9 cm³/mol. The van der Waals surface area contributed by atoms with E-state index in [1.54, 1.807) is 0 Å². The fourth-order valence-corrected chi connectivity index (χ4v) is 3.50. The number of carbonyl (C=O) groups is 1. The maximum absolute atomic E-state index is 12.2. The molecule has 0 aliphatic heterocycles. The van der Waals surface area contributed by atoms with E-state index in [1.807, 2.05) is 31.2 Å². The van der Waals surface area contributed by atoms with Gasteiger partial charge in [0, 0.05) is 11.6 Å². The summed E-state index contributed by atoms with van der Waals surface area (Å²) in [7, 11) is 0. The van der Waals surface area contributed by atoms with Gasteiger partial charge in [0.25, 0.3) is 5.91 Å². The maximum atomic E-state index is 12.2. The van der Waals surface area contributed by atoms with Gasteiger partial charge in [0.15, 0.2) is 0 Å². The minimum absolute atomic E-state index is 0.112. The normalized spacial score (nSPS) is 30.5. The summed E-state index contributed by atoms with van der Waals surface area (Å²) in [5, 5.41) is 3.23. The number of benzene rings is 1. The van der Waals surface area contributed by atoms with Crippen LogP contribution in [0.25, 0.3) is 0 Å². The fraction of sp³-hybridized carbons (Fsp3) is 0.533. The monoisotopic (exact) mass is 229 g/mol. The van der Waals surface area contributed by atoms with Gasteiger partial charge in [-0.1, -0.05) is 24.6 Å². The van der Waals surface area contributed by atoms with Gasteiger partial charge in [-0.2, -0.15) is 0 Å². The van der Waals surface area contributed by atoms with Gasteiger partial charge in [0.1, 0.15) is 0 Å². The van der Waals surface area contributed by atoms with E-state index in [0.29, 0.717) is 6.04 Å². The van der Waals surface area contributed by atoms with Gasteiger partial charge in [-0.05, 0) is 49.7 Å². The van der Waals surface area contributed by atoms with Crippen molar-refractivity contribution < 1.29 is 4.79 Å². The summed E-state index contributed by atoms with van der Waals surface area (Å²) in [5.41, 5.74) is 1.89. The van der Waals surface area contributed by atoms with Crippen LogP contribution in [-0.2, 0) is 0 Å². The third-order valence-corrected chi connectivity index (χ3v) is 4.44. The molecule has 1 amide bonds. The van der Waals surface area contributed by atoms with E-state index in [0.717, 1.165) is 23.0 Å². The third-order valence-electron chi connectivity index (χ3n) is 4.44. The number of aryl methyl sites for hydroxylation is 1. The molecule has 3 rings (SSSR count). The quantitative estimate of drug-likeness (QED) is 0.830.